The van der Waals surface area contributed by atoms with Crippen LogP contribution in [0, 0.1) is 5.92 Å². The monoisotopic (exact) mass is 287 g/mol. The van der Waals surface area contributed by atoms with Gasteiger partial charge in [0.25, 0.3) is 0 Å². The summed E-state index contributed by atoms with van der Waals surface area (Å²) in [6, 6.07) is 1.98. The Kier molecular flexibility index (Phi) is 3.87. The molecule has 7 heteroatoms. The Bertz CT molecular complexity index is 504. The van der Waals surface area contributed by atoms with Crippen molar-refractivity contribution in [3.05, 3.63) is 23.9 Å². The smallest absolute Gasteiger partial charge is 0.359 e. The molecule has 1 atom stereocenters. The summed E-state index contributed by atoms with van der Waals surface area (Å²) in [5.41, 5.74) is -0.714. The quantitative estimate of drug-likeness (QED) is 0.853. The van der Waals surface area contributed by atoms with Crippen molar-refractivity contribution >= 4 is 11.7 Å². The highest BCUT2D eigenvalue weighted by Crippen LogP contribution is 2.30. The van der Waals surface area contributed by atoms with Gasteiger partial charge in [-0.15, -0.1) is 0 Å². The summed E-state index contributed by atoms with van der Waals surface area (Å²) in [5.74, 6) is 0.455. The third kappa shape index (κ3) is 3.20. The molecule has 0 saturated carbocycles. The van der Waals surface area contributed by atoms with Gasteiger partial charge in [0.05, 0.1) is 5.56 Å². The van der Waals surface area contributed by atoms with Crippen molar-refractivity contribution in [1.29, 1.82) is 0 Å². The van der Waals surface area contributed by atoms with Gasteiger partial charge in [0.1, 0.15) is 5.82 Å². The summed E-state index contributed by atoms with van der Waals surface area (Å²) in [7, 11) is 3.41. The van der Waals surface area contributed by atoms with Crippen molar-refractivity contribution in [3.63, 3.8) is 0 Å². The number of carbonyl (C=O) groups excluding carboxylic acids is 1. The first-order valence-corrected chi connectivity index (χ1v) is 6.25. The Morgan fingerprint density at radius 3 is 2.75 bits per heavy atom. The molecule has 20 heavy (non-hydrogen) atoms. The molecule has 0 aromatic carbocycles. The van der Waals surface area contributed by atoms with E-state index in [0.29, 0.717) is 19.5 Å². The zero-order chi connectivity index (χ0) is 14.9. The van der Waals surface area contributed by atoms with Crippen LogP contribution in [0.2, 0.25) is 0 Å². The molecule has 1 amide bonds. The lowest BCUT2D eigenvalue weighted by atomic mass is 10.1. The third-order valence-corrected chi connectivity index (χ3v) is 3.42. The number of likely N-dealkylation sites (tertiary alicyclic amines) is 1. The van der Waals surface area contributed by atoms with Crippen LogP contribution in [0.5, 0.6) is 0 Å². The minimum absolute atomic E-state index is 0.0698. The lowest BCUT2D eigenvalue weighted by Gasteiger charge is -2.22. The molecule has 2 heterocycles. The van der Waals surface area contributed by atoms with Crippen LogP contribution in [0.1, 0.15) is 12.0 Å². The highest BCUT2D eigenvalue weighted by atomic mass is 19.4. The summed E-state index contributed by atoms with van der Waals surface area (Å²) in [6.07, 6.45) is -2.79. The van der Waals surface area contributed by atoms with E-state index in [1.807, 2.05) is 0 Å². The summed E-state index contributed by atoms with van der Waals surface area (Å²) in [6.45, 7) is 1.13. The highest BCUT2D eigenvalue weighted by molar-refractivity contribution is 5.78. The maximum Gasteiger partial charge on any atom is 0.416 e. The second-order valence-corrected chi connectivity index (χ2v) is 5.13. The van der Waals surface area contributed by atoms with Crippen molar-refractivity contribution in [2.24, 2.45) is 5.92 Å². The second kappa shape index (κ2) is 5.30. The molecule has 0 bridgehead atoms. The van der Waals surface area contributed by atoms with Crippen molar-refractivity contribution in [2.75, 3.05) is 32.1 Å². The SMILES string of the molecule is CN1C[C@@H](CN(C)c2cc(C(F)(F)F)ccn2)CC1=O. The third-order valence-electron chi connectivity index (χ3n) is 3.42. The number of pyridine rings is 1. The molecule has 0 aliphatic carbocycles. The fourth-order valence-corrected chi connectivity index (χ4v) is 2.36. The van der Waals surface area contributed by atoms with Gasteiger partial charge in [0, 0.05) is 45.7 Å². The molecular formula is C13H16F3N3O. The Morgan fingerprint density at radius 1 is 1.50 bits per heavy atom. The molecular weight excluding hydrogens is 271 g/mol. The largest absolute Gasteiger partial charge is 0.416 e. The van der Waals surface area contributed by atoms with Gasteiger partial charge < -0.3 is 9.80 Å². The van der Waals surface area contributed by atoms with Gasteiger partial charge in [0.2, 0.25) is 5.91 Å². The number of aromatic nitrogens is 1. The minimum Gasteiger partial charge on any atom is -0.359 e. The number of halogens is 3. The van der Waals surface area contributed by atoms with Gasteiger partial charge in [-0.1, -0.05) is 0 Å². The molecule has 0 unspecified atom stereocenters. The summed E-state index contributed by atoms with van der Waals surface area (Å²) < 4.78 is 37.9. The van der Waals surface area contributed by atoms with Gasteiger partial charge in [-0.3, -0.25) is 4.79 Å². The molecule has 1 saturated heterocycles. The number of hydrogen-bond acceptors (Lipinski definition) is 3. The number of rotatable bonds is 3. The van der Waals surface area contributed by atoms with Gasteiger partial charge in [0.15, 0.2) is 0 Å². The Morgan fingerprint density at radius 2 is 2.20 bits per heavy atom. The number of hydrogen-bond donors (Lipinski definition) is 0. The van der Waals surface area contributed by atoms with Crippen molar-refractivity contribution < 1.29 is 18.0 Å². The molecule has 1 aromatic rings. The Labute approximate surface area is 115 Å². The van der Waals surface area contributed by atoms with Crippen LogP contribution in [0.3, 0.4) is 0 Å². The van der Waals surface area contributed by atoms with E-state index in [-0.39, 0.29) is 17.6 Å². The number of alkyl halides is 3. The van der Waals surface area contributed by atoms with E-state index in [4.69, 9.17) is 0 Å². The molecule has 1 aromatic heterocycles. The molecule has 0 N–H and O–H groups in total. The van der Waals surface area contributed by atoms with Crippen LogP contribution in [-0.2, 0) is 11.0 Å². The summed E-state index contributed by atoms with van der Waals surface area (Å²) in [5, 5.41) is 0. The first-order valence-electron chi connectivity index (χ1n) is 6.25. The zero-order valence-corrected chi connectivity index (χ0v) is 11.3. The average molecular weight is 287 g/mol. The van der Waals surface area contributed by atoms with Gasteiger partial charge in [-0.2, -0.15) is 13.2 Å². The first kappa shape index (κ1) is 14.6. The van der Waals surface area contributed by atoms with E-state index in [1.165, 1.54) is 0 Å². The number of anilines is 1. The number of carbonyl (C=O) groups is 1. The topological polar surface area (TPSA) is 36.4 Å². The standard InChI is InChI=1S/C13H16F3N3O/c1-18(7-9-5-12(20)19(2)8-9)11-6-10(3-4-17-11)13(14,15)16/h3-4,6,9H,5,7-8H2,1-2H3/t9-/m1/s1. The van der Waals surface area contributed by atoms with Gasteiger partial charge >= 0.3 is 6.18 Å². The Balaban J connectivity index is 2.06. The van der Waals surface area contributed by atoms with Crippen molar-refractivity contribution in [2.45, 2.75) is 12.6 Å². The first-order chi connectivity index (χ1) is 9.27. The number of amides is 1. The van der Waals surface area contributed by atoms with E-state index in [9.17, 15) is 18.0 Å². The molecule has 4 nitrogen and oxygen atoms in total. The lowest BCUT2D eigenvalue weighted by Crippen LogP contribution is -2.28. The van der Waals surface area contributed by atoms with Crippen LogP contribution in [0.25, 0.3) is 0 Å². The molecule has 1 fully saturated rings. The fraction of sp³-hybridized carbons (Fsp3) is 0.538. The van der Waals surface area contributed by atoms with Crippen molar-refractivity contribution in [1.82, 2.24) is 9.88 Å². The molecule has 0 radical (unpaired) electrons. The predicted molar refractivity (Wildman–Crippen MR) is 68.3 cm³/mol. The summed E-state index contributed by atoms with van der Waals surface area (Å²) >= 11 is 0. The Hall–Kier alpha value is -1.79. The normalized spacial score (nSPS) is 19.6. The lowest BCUT2D eigenvalue weighted by molar-refractivity contribution is -0.137. The van der Waals surface area contributed by atoms with E-state index >= 15 is 0 Å². The molecule has 1 aliphatic rings. The maximum absolute atomic E-state index is 12.6. The van der Waals surface area contributed by atoms with Gasteiger partial charge in [-0.25, -0.2) is 4.98 Å². The van der Waals surface area contributed by atoms with Crippen LogP contribution < -0.4 is 4.90 Å². The molecule has 2 rings (SSSR count). The maximum atomic E-state index is 12.6. The predicted octanol–water partition coefficient (Wildman–Crippen LogP) is 2.01. The van der Waals surface area contributed by atoms with E-state index < -0.39 is 11.7 Å². The van der Waals surface area contributed by atoms with E-state index in [1.54, 1.807) is 23.9 Å². The van der Waals surface area contributed by atoms with Gasteiger partial charge in [-0.05, 0) is 12.1 Å². The van der Waals surface area contributed by atoms with Crippen LogP contribution in [0.15, 0.2) is 18.3 Å². The minimum atomic E-state index is -4.37. The fourth-order valence-electron chi connectivity index (χ4n) is 2.36. The molecule has 0 spiro atoms. The summed E-state index contributed by atoms with van der Waals surface area (Å²) in [4.78, 5) is 18.7. The number of nitrogens with zero attached hydrogens (tertiary/aromatic N) is 3. The highest BCUT2D eigenvalue weighted by Gasteiger charge is 2.32. The second-order valence-electron chi connectivity index (χ2n) is 5.13. The van der Waals surface area contributed by atoms with Crippen LogP contribution >= 0.6 is 0 Å². The molecule has 110 valence electrons. The van der Waals surface area contributed by atoms with Crippen LogP contribution in [0.4, 0.5) is 19.0 Å². The average Bonchev–Trinajstić information content (AvgIpc) is 2.67. The van der Waals surface area contributed by atoms with Crippen LogP contribution in [-0.4, -0.2) is 43.0 Å². The zero-order valence-electron chi connectivity index (χ0n) is 11.3. The van der Waals surface area contributed by atoms with Crippen molar-refractivity contribution in [3.8, 4) is 0 Å². The van der Waals surface area contributed by atoms with E-state index in [0.717, 1.165) is 18.3 Å². The molecule has 1 aliphatic heterocycles. The van der Waals surface area contributed by atoms with E-state index in [2.05, 4.69) is 4.98 Å².